The van der Waals surface area contributed by atoms with E-state index < -0.39 is 32.9 Å². The Labute approximate surface area is 123 Å². The van der Waals surface area contributed by atoms with Crippen LogP contribution in [0, 0.1) is 0 Å². The normalized spacial score (nSPS) is 9.94. The second kappa shape index (κ2) is 10.9. The number of rotatable bonds is 6. The number of nitrogens with zero attached hydrogens (tertiary/aromatic N) is 1. The van der Waals surface area contributed by atoms with Gasteiger partial charge in [0.15, 0.2) is 0 Å². The Morgan fingerprint density at radius 1 is 1.24 bits per heavy atom. The zero-order valence-corrected chi connectivity index (χ0v) is 13.1. The van der Waals surface area contributed by atoms with Crippen LogP contribution in [-0.2, 0) is 18.8 Å². The van der Waals surface area contributed by atoms with E-state index in [1.807, 2.05) is 0 Å². The number of esters is 1. The molecule has 9 heteroatoms. The molecular weight excluding hydrogens is 260 g/mol. The monoisotopic (exact) mass is 274 g/mol. The van der Waals surface area contributed by atoms with Crippen LogP contribution < -0.4 is 34.5 Å². The maximum Gasteiger partial charge on any atom is 1.00 e. The molecule has 0 saturated heterocycles. The molecule has 1 atom stereocenters. The smallest absolute Gasteiger partial charge is 0.594 e. The summed E-state index contributed by atoms with van der Waals surface area (Å²) < 4.78 is 19.7. The average molecular weight is 274 g/mol. The van der Waals surface area contributed by atoms with Gasteiger partial charge in [-0.25, -0.2) is 4.79 Å². The van der Waals surface area contributed by atoms with Crippen molar-refractivity contribution in [3.05, 3.63) is 0 Å². The molecule has 0 spiro atoms. The molecule has 0 fully saturated rings. The van der Waals surface area contributed by atoms with E-state index in [0.29, 0.717) is 0 Å². The summed E-state index contributed by atoms with van der Waals surface area (Å²) in [5.41, 5.74) is 0. The van der Waals surface area contributed by atoms with E-state index in [1.165, 1.54) is 0 Å². The van der Waals surface area contributed by atoms with Crippen molar-refractivity contribution in [1.82, 2.24) is 4.90 Å². The molecule has 0 rings (SSSR count). The van der Waals surface area contributed by atoms with Crippen molar-refractivity contribution in [2.75, 3.05) is 26.0 Å². The van der Waals surface area contributed by atoms with Crippen molar-refractivity contribution in [2.45, 2.75) is 13.8 Å². The third-order valence-electron chi connectivity index (χ3n) is 1.44. The fourth-order valence-corrected chi connectivity index (χ4v) is 1.38. The minimum absolute atomic E-state index is 0. The predicted octanol–water partition coefficient (Wildman–Crippen LogP) is -2.93. The standard InChI is InChI=1S/C8H14NO6P.Na/c1-3-14-7(10)5-9(6-16(12)13)8(11)15-4-2;/h3-6H2,1-2H3;/q;+1. The molecule has 0 aromatic heterocycles. The summed E-state index contributed by atoms with van der Waals surface area (Å²) in [6.07, 6.45) is -1.41. The summed E-state index contributed by atoms with van der Waals surface area (Å²) in [4.78, 5) is 33.6. The van der Waals surface area contributed by atoms with Crippen molar-refractivity contribution in [1.29, 1.82) is 0 Å². The van der Waals surface area contributed by atoms with Crippen LogP contribution in [0.15, 0.2) is 0 Å². The Morgan fingerprint density at radius 2 is 1.76 bits per heavy atom. The second-order valence-electron chi connectivity index (χ2n) is 2.68. The van der Waals surface area contributed by atoms with Crippen molar-refractivity contribution < 1.29 is 58.1 Å². The Bertz CT molecular complexity index is 275. The first-order valence-corrected chi connectivity index (χ1v) is 6.06. The fourth-order valence-electron chi connectivity index (χ4n) is 0.889. The number of hydrogen-bond donors (Lipinski definition) is 0. The second-order valence-corrected chi connectivity index (χ2v) is 3.62. The van der Waals surface area contributed by atoms with E-state index in [2.05, 4.69) is 9.47 Å². The summed E-state index contributed by atoms with van der Waals surface area (Å²) in [6, 6.07) is 0. The molecule has 0 N–H and O–H groups in total. The Morgan fingerprint density at radius 3 is 2.18 bits per heavy atom. The average Bonchev–Trinajstić information content (AvgIpc) is 2.16. The van der Waals surface area contributed by atoms with Gasteiger partial charge in [-0.15, -0.1) is 0 Å². The van der Waals surface area contributed by atoms with Gasteiger partial charge in [0.25, 0.3) is 0 Å². The van der Waals surface area contributed by atoms with Gasteiger partial charge in [-0.1, -0.05) is 4.57 Å². The molecule has 0 heterocycles. The van der Waals surface area contributed by atoms with Gasteiger partial charge in [0, 0.05) is 0 Å². The van der Waals surface area contributed by atoms with E-state index in [4.69, 9.17) is 0 Å². The summed E-state index contributed by atoms with van der Waals surface area (Å²) in [7, 11) is -2.81. The molecule has 0 aliphatic rings. The van der Waals surface area contributed by atoms with Gasteiger partial charge in [0.1, 0.15) is 6.54 Å². The molecule has 7 nitrogen and oxygen atoms in total. The number of ether oxygens (including phenoxy) is 2. The zero-order chi connectivity index (χ0) is 12.6. The molecule has 0 saturated carbocycles. The molecular formula is C8H14NNaO6P+. The van der Waals surface area contributed by atoms with Crippen molar-refractivity contribution in [3.8, 4) is 0 Å². The maximum absolute atomic E-state index is 11.2. The number of amides is 1. The first-order chi connectivity index (χ1) is 7.51. The van der Waals surface area contributed by atoms with Gasteiger partial charge in [-0.05, 0) is 13.8 Å². The summed E-state index contributed by atoms with van der Waals surface area (Å²) in [5, 5.41) is 0. The number of hydrogen-bond acceptors (Lipinski definition) is 6. The third-order valence-corrected chi connectivity index (χ3v) is 2.01. The minimum Gasteiger partial charge on any atom is -0.594 e. The van der Waals surface area contributed by atoms with E-state index in [1.54, 1.807) is 13.8 Å². The fraction of sp³-hybridized carbons (Fsp3) is 0.750. The summed E-state index contributed by atoms with van der Waals surface area (Å²) in [6.45, 7) is 3.03. The Kier molecular flexibility index (Phi) is 12.3. The van der Waals surface area contributed by atoms with E-state index >= 15 is 0 Å². The van der Waals surface area contributed by atoms with Gasteiger partial charge in [0.2, 0.25) is 6.29 Å². The van der Waals surface area contributed by atoms with Crippen molar-refractivity contribution in [2.24, 2.45) is 0 Å². The third kappa shape index (κ3) is 9.50. The van der Waals surface area contributed by atoms with Crippen LogP contribution in [0.1, 0.15) is 13.8 Å². The summed E-state index contributed by atoms with van der Waals surface area (Å²) in [5.74, 6) is -0.674. The molecule has 0 radical (unpaired) electrons. The largest absolute Gasteiger partial charge is 1.00 e. The Hall–Kier alpha value is -0.200. The molecule has 0 aliphatic heterocycles. The topological polar surface area (TPSA) is 96.0 Å². The van der Waals surface area contributed by atoms with Gasteiger partial charge < -0.3 is 14.4 Å². The quantitative estimate of drug-likeness (QED) is 0.292. The zero-order valence-electron chi connectivity index (χ0n) is 10.2. The molecule has 0 aliphatic carbocycles. The maximum atomic E-state index is 11.2. The van der Waals surface area contributed by atoms with Crippen LogP contribution in [0.5, 0.6) is 0 Å². The molecule has 0 aromatic carbocycles. The van der Waals surface area contributed by atoms with E-state index in [9.17, 15) is 19.0 Å². The molecule has 0 bridgehead atoms. The van der Waals surface area contributed by atoms with Crippen molar-refractivity contribution in [3.63, 3.8) is 0 Å². The Balaban J connectivity index is 0. The van der Waals surface area contributed by atoms with Crippen LogP contribution in [0.2, 0.25) is 0 Å². The number of carbonyl (C=O) groups excluding carboxylic acids is 2. The van der Waals surface area contributed by atoms with Crippen molar-refractivity contribution >= 4 is 20.1 Å². The molecule has 1 unspecified atom stereocenters. The predicted molar refractivity (Wildman–Crippen MR) is 52.8 cm³/mol. The van der Waals surface area contributed by atoms with Gasteiger partial charge in [-0.2, -0.15) is 0 Å². The molecule has 1 amide bonds. The SMILES string of the molecule is CCOC(=O)CN(C[P+](=O)[O-])C(=O)OCC.[Na+]. The number of carbonyl (C=O) groups is 2. The van der Waals surface area contributed by atoms with Crippen LogP contribution in [0.25, 0.3) is 0 Å². The van der Waals surface area contributed by atoms with Gasteiger partial charge in [0.05, 0.1) is 13.2 Å². The molecule has 17 heavy (non-hydrogen) atoms. The first-order valence-electron chi connectivity index (χ1n) is 4.70. The van der Waals surface area contributed by atoms with Crippen LogP contribution >= 0.6 is 8.03 Å². The van der Waals surface area contributed by atoms with Gasteiger partial charge >= 0.3 is 49.6 Å². The molecule has 0 aromatic rings. The van der Waals surface area contributed by atoms with E-state index in [0.717, 1.165) is 4.90 Å². The first kappa shape index (κ1) is 19.1. The van der Waals surface area contributed by atoms with Crippen LogP contribution in [-0.4, -0.2) is 43.0 Å². The summed E-state index contributed by atoms with van der Waals surface area (Å²) >= 11 is 0. The molecule has 92 valence electrons. The van der Waals surface area contributed by atoms with Crippen LogP contribution in [0.4, 0.5) is 4.79 Å². The van der Waals surface area contributed by atoms with Crippen LogP contribution in [0.3, 0.4) is 0 Å². The minimum atomic E-state index is -2.81. The van der Waals surface area contributed by atoms with E-state index in [-0.39, 0.29) is 42.8 Å². The van der Waals surface area contributed by atoms with Gasteiger partial charge in [-0.3, -0.25) is 9.69 Å².